The highest BCUT2D eigenvalue weighted by Crippen LogP contribution is 2.30. The van der Waals surface area contributed by atoms with Crippen molar-refractivity contribution in [3.05, 3.63) is 57.4 Å². The normalized spacial score (nSPS) is 10.8. The summed E-state index contributed by atoms with van der Waals surface area (Å²) in [5.41, 5.74) is 2.27. The van der Waals surface area contributed by atoms with E-state index in [-0.39, 0.29) is 22.5 Å². The quantitative estimate of drug-likeness (QED) is 0.620. The van der Waals surface area contributed by atoms with Crippen molar-refractivity contribution in [3.8, 4) is 12.1 Å². The van der Waals surface area contributed by atoms with Crippen LogP contribution in [0.5, 0.6) is 0 Å². The lowest BCUT2D eigenvalue weighted by atomic mass is 10.1. The second kappa shape index (κ2) is 8.88. The lowest BCUT2D eigenvalue weighted by Gasteiger charge is -2.25. The van der Waals surface area contributed by atoms with Gasteiger partial charge in [0.2, 0.25) is 0 Å². The summed E-state index contributed by atoms with van der Waals surface area (Å²) in [4.78, 5) is 2.20. The van der Waals surface area contributed by atoms with Crippen LogP contribution in [0.4, 0.5) is 22.7 Å². The number of nitrogens with zero attached hydrogens (tertiary/aromatic N) is 5. The number of benzene rings is 2. The summed E-state index contributed by atoms with van der Waals surface area (Å²) in [5.74, 6) is 0. The molecule has 0 aliphatic carbocycles. The number of rotatable bonds is 6. The Morgan fingerprint density at radius 3 is 2.04 bits per heavy atom. The Balaban J connectivity index is 2.44. The lowest BCUT2D eigenvalue weighted by molar-refractivity contribution is -0.715. The van der Waals surface area contributed by atoms with Crippen molar-refractivity contribution in [2.75, 3.05) is 18.0 Å². The Morgan fingerprint density at radius 2 is 1.59 bits per heavy atom. The number of aryl methyl sites for hydroxylation is 1. The van der Waals surface area contributed by atoms with Crippen LogP contribution in [0.25, 0.3) is 0 Å². The minimum Gasteiger partial charge on any atom is -0.628 e. The Morgan fingerprint density at radius 1 is 1.00 bits per heavy atom. The van der Waals surface area contributed by atoms with Crippen molar-refractivity contribution in [3.63, 3.8) is 0 Å². The van der Waals surface area contributed by atoms with Crippen LogP contribution < -0.4 is 10.1 Å². The monoisotopic (exact) mass is 363 g/mol. The van der Waals surface area contributed by atoms with Crippen molar-refractivity contribution >= 4 is 22.7 Å². The van der Waals surface area contributed by atoms with Gasteiger partial charge in [0, 0.05) is 30.9 Å². The summed E-state index contributed by atoms with van der Waals surface area (Å²) in [6.07, 6.45) is 0. The molecule has 138 valence electrons. The van der Waals surface area contributed by atoms with Crippen LogP contribution in [0.1, 0.15) is 30.5 Å². The average molecular weight is 363 g/mol. The predicted molar refractivity (Wildman–Crippen MR) is 102 cm³/mol. The molecule has 0 unspecified atom stereocenters. The maximum Gasteiger partial charge on any atom is 0.134 e. The van der Waals surface area contributed by atoms with Crippen molar-refractivity contribution < 1.29 is 5.23 Å². The van der Waals surface area contributed by atoms with E-state index in [1.165, 1.54) is 0 Å². The number of hydrogen-bond acceptors (Lipinski definition) is 7. The standard InChI is InChI=1S/C19H19N6O2/c1-4-24(5-2)16-6-7-18(13(3)8-16)22-23-19-14(11-20)9-17(25(26)27)10-15(19)12-21/h6-10,25H,4-5H2,1-3H3/q-1. The number of quaternary nitrogens is 1. The molecular formula is C19H19N6O2-. The first kappa shape index (κ1) is 20.0. The molecule has 0 saturated heterocycles. The smallest absolute Gasteiger partial charge is 0.134 e. The van der Waals surface area contributed by atoms with E-state index in [2.05, 4.69) is 29.0 Å². The third-order valence-electron chi connectivity index (χ3n) is 4.15. The third kappa shape index (κ3) is 4.46. The van der Waals surface area contributed by atoms with Crippen molar-refractivity contribution in [2.45, 2.75) is 20.8 Å². The molecule has 0 bridgehead atoms. The molecule has 8 heteroatoms. The summed E-state index contributed by atoms with van der Waals surface area (Å²) in [6.45, 7) is 7.83. The Kier molecular flexibility index (Phi) is 6.58. The number of nitrogens with one attached hydrogen (secondary N) is 1. The fraction of sp³-hybridized carbons (Fsp3) is 0.263. The SMILES string of the molecule is CCN(CC)c1ccc(N=Nc2c(C#N)cc([NH+]([O-])[O-])cc2C#N)c(C)c1. The average Bonchev–Trinajstić information content (AvgIpc) is 2.67. The molecule has 0 radical (unpaired) electrons. The first-order valence-electron chi connectivity index (χ1n) is 8.42. The first-order valence-corrected chi connectivity index (χ1v) is 8.42. The van der Waals surface area contributed by atoms with Gasteiger partial charge in [-0.15, -0.1) is 5.11 Å². The summed E-state index contributed by atoms with van der Waals surface area (Å²) < 4.78 is 0. The summed E-state index contributed by atoms with van der Waals surface area (Å²) in [6, 6.07) is 11.7. The highest BCUT2D eigenvalue weighted by Gasteiger charge is 2.13. The molecule has 0 spiro atoms. The van der Waals surface area contributed by atoms with Crippen molar-refractivity contribution in [1.82, 2.24) is 0 Å². The van der Waals surface area contributed by atoms with Crippen LogP contribution in [-0.2, 0) is 0 Å². The van der Waals surface area contributed by atoms with Gasteiger partial charge in [-0.05, 0) is 44.5 Å². The minimum absolute atomic E-state index is 0.0391. The van der Waals surface area contributed by atoms with Crippen molar-refractivity contribution in [1.29, 1.82) is 10.5 Å². The Bertz CT molecular complexity index is 901. The van der Waals surface area contributed by atoms with E-state index in [0.717, 1.165) is 36.5 Å². The zero-order valence-electron chi connectivity index (χ0n) is 15.4. The number of anilines is 1. The van der Waals surface area contributed by atoms with E-state index >= 15 is 0 Å². The van der Waals surface area contributed by atoms with Gasteiger partial charge in [-0.3, -0.25) is 0 Å². The number of nitriles is 2. The molecule has 0 amide bonds. The molecule has 1 N–H and O–H groups in total. The first-order chi connectivity index (χ1) is 12.9. The van der Waals surface area contributed by atoms with Gasteiger partial charge in [0.05, 0.1) is 16.8 Å². The highest BCUT2D eigenvalue weighted by atomic mass is 16.8. The van der Waals surface area contributed by atoms with Gasteiger partial charge in [0.1, 0.15) is 23.5 Å². The van der Waals surface area contributed by atoms with Gasteiger partial charge in [0.25, 0.3) is 0 Å². The van der Waals surface area contributed by atoms with Gasteiger partial charge in [-0.25, -0.2) is 0 Å². The van der Waals surface area contributed by atoms with E-state index < -0.39 is 5.23 Å². The van der Waals surface area contributed by atoms with E-state index in [4.69, 9.17) is 0 Å². The van der Waals surface area contributed by atoms with Gasteiger partial charge in [-0.1, -0.05) is 0 Å². The molecule has 0 aliphatic rings. The van der Waals surface area contributed by atoms with Crippen LogP contribution in [0, 0.1) is 40.0 Å². The molecule has 0 aromatic heterocycles. The fourth-order valence-corrected chi connectivity index (χ4v) is 2.67. The largest absolute Gasteiger partial charge is 0.628 e. The predicted octanol–water partition coefficient (Wildman–Crippen LogP) is 3.51. The Labute approximate surface area is 157 Å². The summed E-state index contributed by atoms with van der Waals surface area (Å²) in [7, 11) is 0. The number of azo groups is 1. The molecule has 2 rings (SSSR count). The zero-order valence-corrected chi connectivity index (χ0v) is 15.4. The molecule has 0 fully saturated rings. The van der Waals surface area contributed by atoms with E-state index in [1.54, 1.807) is 0 Å². The van der Waals surface area contributed by atoms with Gasteiger partial charge in [0.15, 0.2) is 0 Å². The second-order valence-corrected chi connectivity index (χ2v) is 5.77. The summed E-state index contributed by atoms with van der Waals surface area (Å²) >= 11 is 0. The lowest BCUT2D eigenvalue weighted by Crippen LogP contribution is -2.96. The second-order valence-electron chi connectivity index (χ2n) is 5.77. The van der Waals surface area contributed by atoms with Gasteiger partial charge in [-0.2, -0.15) is 15.6 Å². The highest BCUT2D eigenvalue weighted by molar-refractivity contribution is 5.67. The van der Waals surface area contributed by atoms with Crippen LogP contribution in [0.2, 0.25) is 0 Å². The maximum atomic E-state index is 11.0. The molecule has 0 heterocycles. The topological polar surface area (TPSA) is 126 Å². The third-order valence-corrected chi connectivity index (χ3v) is 4.15. The van der Waals surface area contributed by atoms with E-state index in [9.17, 15) is 20.9 Å². The van der Waals surface area contributed by atoms with E-state index in [0.29, 0.717) is 5.69 Å². The van der Waals surface area contributed by atoms with Crippen LogP contribution >= 0.6 is 0 Å². The molecule has 27 heavy (non-hydrogen) atoms. The molecule has 2 aromatic rings. The van der Waals surface area contributed by atoms with Crippen molar-refractivity contribution in [2.24, 2.45) is 10.2 Å². The zero-order chi connectivity index (χ0) is 20.0. The van der Waals surface area contributed by atoms with Crippen LogP contribution in [0.15, 0.2) is 40.6 Å². The fourth-order valence-electron chi connectivity index (χ4n) is 2.67. The molecule has 2 aromatic carbocycles. The minimum atomic E-state index is -1.46. The Hall–Kier alpha value is -3.30. The molecule has 0 atom stereocenters. The molecular weight excluding hydrogens is 344 g/mol. The summed E-state index contributed by atoms with van der Waals surface area (Å²) in [5, 5.41) is 47.3. The number of hydrogen-bond donors (Lipinski definition) is 1. The van der Waals surface area contributed by atoms with Crippen LogP contribution in [0.3, 0.4) is 0 Å². The van der Waals surface area contributed by atoms with Gasteiger partial charge < -0.3 is 20.5 Å². The molecule has 0 saturated carbocycles. The molecule has 8 nitrogen and oxygen atoms in total. The maximum absolute atomic E-state index is 11.0. The van der Waals surface area contributed by atoms with E-state index in [1.807, 2.05) is 37.3 Å². The van der Waals surface area contributed by atoms with Crippen LogP contribution in [-0.4, -0.2) is 13.1 Å². The van der Waals surface area contributed by atoms with Gasteiger partial charge >= 0.3 is 0 Å². The molecule has 0 aliphatic heterocycles.